The van der Waals surface area contributed by atoms with Crippen molar-refractivity contribution in [1.82, 2.24) is 5.32 Å². The van der Waals surface area contributed by atoms with Crippen LogP contribution in [0.3, 0.4) is 0 Å². The standard InChI is InChI=1S/C36H49N3O8S/c1-21(2)17-30(40)37-24(5)36(45)47-29-16-11-9-7-8-10-14-25(46-6)18-31(41)38-27-19-28-35(48-20-32(42)39-28)26(34(27)44)15-12-13-22(3)33(43)23(29)4/h7-11,13-14,19,21,23-25,29,33,43-44H,12,15-18,20H2,1-6H3,(H,37,40)(H,38,41)(H,39,42)/b8-7-,11-9-,14-10-,22-13-/t23-,24+,25+,29+,33-/m0/s1. The number of benzene rings is 1. The van der Waals surface area contributed by atoms with Crippen LogP contribution < -0.4 is 16.0 Å². The van der Waals surface area contributed by atoms with Gasteiger partial charge in [0, 0.05) is 36.3 Å². The maximum absolute atomic E-state index is 13.0. The number of fused-ring (bicyclic) bond motifs is 4. The summed E-state index contributed by atoms with van der Waals surface area (Å²) in [4.78, 5) is 51.2. The van der Waals surface area contributed by atoms with Crippen molar-refractivity contribution in [1.29, 1.82) is 0 Å². The zero-order valence-corrected chi connectivity index (χ0v) is 29.4. The van der Waals surface area contributed by atoms with E-state index >= 15 is 0 Å². The summed E-state index contributed by atoms with van der Waals surface area (Å²) >= 11 is 1.32. The predicted molar refractivity (Wildman–Crippen MR) is 188 cm³/mol. The molecule has 48 heavy (non-hydrogen) atoms. The Labute approximate surface area is 287 Å². The van der Waals surface area contributed by atoms with E-state index in [9.17, 15) is 29.4 Å². The van der Waals surface area contributed by atoms with Crippen molar-refractivity contribution in [3.8, 4) is 5.75 Å². The lowest BCUT2D eigenvalue weighted by Crippen LogP contribution is -2.43. The normalized spacial score (nSPS) is 26.3. The van der Waals surface area contributed by atoms with Crippen molar-refractivity contribution in [2.75, 3.05) is 23.5 Å². The molecule has 2 aliphatic heterocycles. The molecule has 1 aromatic carbocycles. The van der Waals surface area contributed by atoms with Gasteiger partial charge in [-0.2, -0.15) is 0 Å². The summed E-state index contributed by atoms with van der Waals surface area (Å²) in [5.74, 6) is -1.63. The maximum Gasteiger partial charge on any atom is 0.328 e. The number of anilines is 2. The zero-order valence-electron chi connectivity index (χ0n) is 28.6. The van der Waals surface area contributed by atoms with Crippen LogP contribution in [-0.4, -0.2) is 71.1 Å². The largest absolute Gasteiger partial charge is 0.505 e. The lowest BCUT2D eigenvalue weighted by Gasteiger charge is -2.29. The van der Waals surface area contributed by atoms with Gasteiger partial charge in [0.2, 0.25) is 17.7 Å². The second kappa shape index (κ2) is 18.6. The third-order valence-electron chi connectivity index (χ3n) is 8.10. The molecule has 5 N–H and O–H groups in total. The van der Waals surface area contributed by atoms with Crippen LogP contribution in [0.25, 0.3) is 0 Å². The smallest absolute Gasteiger partial charge is 0.328 e. The molecular formula is C36H49N3O8S. The van der Waals surface area contributed by atoms with Crippen molar-refractivity contribution >= 4 is 46.8 Å². The Balaban J connectivity index is 1.92. The van der Waals surface area contributed by atoms with Crippen LogP contribution in [-0.2, 0) is 35.1 Å². The number of hydrogen-bond donors (Lipinski definition) is 5. The van der Waals surface area contributed by atoms with Crippen LogP contribution in [0.1, 0.15) is 65.9 Å². The van der Waals surface area contributed by atoms with Gasteiger partial charge in [-0.3, -0.25) is 14.4 Å². The molecule has 2 bridgehead atoms. The molecule has 0 aliphatic carbocycles. The lowest BCUT2D eigenvalue weighted by atomic mass is 9.90. The number of ether oxygens (including phenoxy) is 2. The number of phenolic OH excluding ortho intramolecular Hbond substituents is 1. The first-order valence-electron chi connectivity index (χ1n) is 16.3. The van der Waals surface area contributed by atoms with Crippen LogP contribution in [0, 0.1) is 11.8 Å². The molecule has 3 amide bonds. The summed E-state index contributed by atoms with van der Waals surface area (Å²) < 4.78 is 11.3. The minimum atomic E-state index is -0.956. The predicted octanol–water partition coefficient (Wildman–Crippen LogP) is 5.19. The van der Waals surface area contributed by atoms with Gasteiger partial charge in [-0.1, -0.05) is 63.3 Å². The second-order valence-corrected chi connectivity index (χ2v) is 13.6. The molecule has 0 fully saturated rings. The minimum Gasteiger partial charge on any atom is -0.505 e. The Bertz CT molecular complexity index is 1450. The van der Waals surface area contributed by atoms with Gasteiger partial charge in [0.25, 0.3) is 0 Å². The molecule has 0 radical (unpaired) electrons. The maximum atomic E-state index is 13.0. The van der Waals surface area contributed by atoms with Gasteiger partial charge in [0.05, 0.1) is 35.8 Å². The number of nitrogens with one attached hydrogen (secondary N) is 3. The number of allylic oxidation sites excluding steroid dienone is 5. The topological polar surface area (TPSA) is 163 Å². The molecule has 5 atom stereocenters. The van der Waals surface area contributed by atoms with Crippen LogP contribution >= 0.6 is 11.8 Å². The van der Waals surface area contributed by atoms with Gasteiger partial charge in [-0.15, -0.1) is 11.8 Å². The number of esters is 1. The highest BCUT2D eigenvalue weighted by molar-refractivity contribution is 8.00. The van der Waals surface area contributed by atoms with Gasteiger partial charge < -0.3 is 35.6 Å². The first-order valence-corrected chi connectivity index (χ1v) is 17.3. The molecule has 1 aromatic rings. The van der Waals surface area contributed by atoms with Crippen LogP contribution in [0.15, 0.2) is 59.1 Å². The minimum absolute atomic E-state index is 0.00918. The van der Waals surface area contributed by atoms with Crippen molar-refractivity contribution in [3.05, 3.63) is 59.7 Å². The third kappa shape index (κ3) is 11.4. The first-order chi connectivity index (χ1) is 22.8. The molecule has 0 saturated heterocycles. The van der Waals surface area contributed by atoms with Crippen LogP contribution in [0.5, 0.6) is 5.75 Å². The molecule has 2 heterocycles. The van der Waals surface area contributed by atoms with E-state index in [-0.39, 0.29) is 47.3 Å². The summed E-state index contributed by atoms with van der Waals surface area (Å²) in [7, 11) is 1.50. The van der Waals surface area contributed by atoms with E-state index in [1.165, 1.54) is 18.9 Å². The number of carbonyl (C=O) groups is 4. The highest BCUT2D eigenvalue weighted by Gasteiger charge is 2.30. The van der Waals surface area contributed by atoms with E-state index in [4.69, 9.17) is 9.47 Å². The summed E-state index contributed by atoms with van der Waals surface area (Å²) in [5, 5.41) is 30.9. The average molecular weight is 684 g/mol. The summed E-state index contributed by atoms with van der Waals surface area (Å²) in [5.41, 5.74) is 1.92. The number of rotatable bonds is 6. The molecule has 0 aromatic heterocycles. The van der Waals surface area contributed by atoms with E-state index in [0.717, 1.165) is 4.90 Å². The van der Waals surface area contributed by atoms with Crippen molar-refractivity contribution in [2.45, 2.75) is 96.0 Å². The van der Waals surface area contributed by atoms with Crippen LogP contribution in [0.4, 0.5) is 11.4 Å². The number of aliphatic hydroxyl groups excluding tert-OH is 1. The van der Waals surface area contributed by atoms with Crippen LogP contribution in [0.2, 0.25) is 0 Å². The molecule has 3 rings (SSSR count). The Morgan fingerprint density at radius 1 is 1.08 bits per heavy atom. The van der Waals surface area contributed by atoms with Crippen molar-refractivity contribution in [3.63, 3.8) is 0 Å². The molecule has 2 aliphatic rings. The van der Waals surface area contributed by atoms with Gasteiger partial charge in [0.15, 0.2) is 0 Å². The fourth-order valence-electron chi connectivity index (χ4n) is 5.38. The molecule has 262 valence electrons. The summed E-state index contributed by atoms with van der Waals surface area (Å²) in [6.45, 7) is 9.02. The molecule has 0 spiro atoms. The number of aliphatic hydroxyl groups is 1. The highest BCUT2D eigenvalue weighted by Crippen LogP contribution is 2.44. The summed E-state index contributed by atoms with van der Waals surface area (Å²) in [6.07, 6.45) is 11.7. The fraction of sp³-hybridized carbons (Fsp3) is 0.500. The number of thioether (sulfide) groups is 1. The van der Waals surface area contributed by atoms with Gasteiger partial charge in [0.1, 0.15) is 17.9 Å². The third-order valence-corrected chi connectivity index (χ3v) is 9.26. The monoisotopic (exact) mass is 683 g/mol. The fourth-order valence-corrected chi connectivity index (χ4v) is 6.36. The zero-order chi connectivity index (χ0) is 35.4. The Morgan fingerprint density at radius 3 is 2.50 bits per heavy atom. The van der Waals surface area contributed by atoms with Crippen molar-refractivity contribution in [2.24, 2.45) is 11.8 Å². The first kappa shape index (κ1) is 38.6. The molecule has 0 unspecified atom stereocenters. The lowest BCUT2D eigenvalue weighted by molar-refractivity contribution is -0.156. The van der Waals surface area contributed by atoms with Gasteiger partial charge in [-0.25, -0.2) is 4.79 Å². The number of carbonyl (C=O) groups excluding carboxylic acids is 4. The van der Waals surface area contributed by atoms with Crippen molar-refractivity contribution < 1.29 is 38.9 Å². The van der Waals surface area contributed by atoms with E-state index < -0.39 is 36.2 Å². The Kier molecular flexibility index (Phi) is 15.0. The molecule has 0 saturated carbocycles. The number of phenols is 1. The number of amides is 3. The molecular weight excluding hydrogens is 634 g/mol. The average Bonchev–Trinajstić information content (AvgIpc) is 3.02. The Hall–Kier alpha value is -3.87. The molecule has 12 heteroatoms. The summed E-state index contributed by atoms with van der Waals surface area (Å²) in [6, 6.07) is 0.701. The van der Waals surface area contributed by atoms with E-state index in [0.29, 0.717) is 42.5 Å². The van der Waals surface area contributed by atoms with Gasteiger partial charge >= 0.3 is 5.97 Å². The van der Waals surface area contributed by atoms with E-state index in [2.05, 4.69) is 16.0 Å². The SMILES string of the molecule is CO[C@@H]1\C=C/C=C\C=C/C[C@@H](OC(=O)[C@@H](C)NC(=O)CC(C)C)[C@H](C)[C@@H](O)/C(C)=C\CCc2c(O)c(cc3c2SCC(=O)N3)NC(=O)C1. The Morgan fingerprint density at radius 2 is 1.79 bits per heavy atom. The highest BCUT2D eigenvalue weighted by atomic mass is 32.2. The van der Waals surface area contributed by atoms with Gasteiger partial charge in [-0.05, 0) is 44.2 Å². The quantitative estimate of drug-likeness (QED) is 0.118. The number of methoxy groups -OCH3 is 1. The van der Waals surface area contributed by atoms with E-state index in [1.807, 2.05) is 32.9 Å². The van der Waals surface area contributed by atoms with E-state index in [1.54, 1.807) is 50.3 Å². The second-order valence-electron chi connectivity index (χ2n) is 12.6. The number of aromatic hydroxyl groups is 1. The molecule has 11 nitrogen and oxygen atoms in total. The number of hydrogen-bond acceptors (Lipinski definition) is 9.